The molecular formula is C21H26N2O4S. The maximum atomic E-state index is 13.0. The third-order valence-electron chi connectivity index (χ3n) is 4.90. The molecule has 1 saturated heterocycles. The third kappa shape index (κ3) is 4.20. The first-order chi connectivity index (χ1) is 13.3. The zero-order valence-corrected chi connectivity index (χ0v) is 17.3. The Hall–Kier alpha value is -2.38. The summed E-state index contributed by atoms with van der Waals surface area (Å²) in [5.74, 6) is 0.635. The predicted molar refractivity (Wildman–Crippen MR) is 108 cm³/mol. The van der Waals surface area contributed by atoms with E-state index in [-0.39, 0.29) is 5.91 Å². The second kappa shape index (κ2) is 8.32. The number of sulfonamides is 1. The van der Waals surface area contributed by atoms with Gasteiger partial charge in [-0.1, -0.05) is 12.1 Å². The SMILES string of the molecule is CCOc1ccc(C(=O)N2CCN(S(=O)(=O)c3cc(C)ccc3C)CC2)cc1. The second-order valence-electron chi connectivity index (χ2n) is 6.92. The lowest BCUT2D eigenvalue weighted by molar-refractivity contribution is 0.0698. The molecule has 1 aliphatic rings. The minimum absolute atomic E-state index is 0.0909. The number of ether oxygens (including phenoxy) is 1. The summed E-state index contributed by atoms with van der Waals surface area (Å²) in [6.07, 6.45) is 0. The number of nitrogens with zero attached hydrogens (tertiary/aromatic N) is 2. The van der Waals surface area contributed by atoms with Gasteiger partial charge >= 0.3 is 0 Å². The van der Waals surface area contributed by atoms with E-state index < -0.39 is 10.0 Å². The Kier molecular flexibility index (Phi) is 6.05. The highest BCUT2D eigenvalue weighted by molar-refractivity contribution is 7.89. The van der Waals surface area contributed by atoms with Crippen LogP contribution in [-0.2, 0) is 10.0 Å². The predicted octanol–water partition coefficient (Wildman–Crippen LogP) is 2.85. The van der Waals surface area contributed by atoms with Crippen LogP contribution >= 0.6 is 0 Å². The number of piperazine rings is 1. The molecule has 1 heterocycles. The minimum atomic E-state index is -3.56. The number of amides is 1. The van der Waals surface area contributed by atoms with E-state index in [1.54, 1.807) is 42.2 Å². The molecule has 0 atom stereocenters. The molecule has 0 N–H and O–H groups in total. The summed E-state index contributed by atoms with van der Waals surface area (Å²) in [6.45, 7) is 7.49. The molecular weight excluding hydrogens is 376 g/mol. The fourth-order valence-electron chi connectivity index (χ4n) is 3.30. The highest BCUT2D eigenvalue weighted by Crippen LogP contribution is 2.23. The number of hydrogen-bond acceptors (Lipinski definition) is 4. The van der Waals surface area contributed by atoms with E-state index in [9.17, 15) is 13.2 Å². The smallest absolute Gasteiger partial charge is 0.253 e. The van der Waals surface area contributed by atoms with Crippen LogP contribution in [0.2, 0.25) is 0 Å². The van der Waals surface area contributed by atoms with Crippen LogP contribution in [0, 0.1) is 13.8 Å². The largest absolute Gasteiger partial charge is 0.494 e. The van der Waals surface area contributed by atoms with Gasteiger partial charge in [-0.2, -0.15) is 4.31 Å². The van der Waals surface area contributed by atoms with Crippen molar-refractivity contribution in [2.75, 3.05) is 32.8 Å². The Balaban J connectivity index is 1.68. The Morgan fingerprint density at radius 2 is 1.64 bits per heavy atom. The standard InChI is InChI=1S/C21H26N2O4S/c1-4-27-19-9-7-18(8-10-19)21(24)22-11-13-23(14-12-22)28(25,26)20-15-16(2)5-6-17(20)3/h5-10,15H,4,11-14H2,1-3H3. The zero-order valence-electron chi connectivity index (χ0n) is 16.5. The van der Waals surface area contributed by atoms with Crippen LogP contribution in [0.1, 0.15) is 28.4 Å². The van der Waals surface area contributed by atoms with Gasteiger partial charge in [-0.25, -0.2) is 8.42 Å². The first kappa shape index (κ1) is 20.4. The molecule has 0 radical (unpaired) electrons. The summed E-state index contributed by atoms with van der Waals surface area (Å²) in [5.41, 5.74) is 2.22. The molecule has 2 aromatic rings. The molecule has 1 aliphatic heterocycles. The van der Waals surface area contributed by atoms with Crippen molar-refractivity contribution < 1.29 is 17.9 Å². The van der Waals surface area contributed by atoms with Gasteiger partial charge in [0.1, 0.15) is 5.75 Å². The Bertz CT molecular complexity index is 947. The number of benzene rings is 2. The van der Waals surface area contributed by atoms with Gasteiger partial charge in [-0.05, 0) is 62.2 Å². The van der Waals surface area contributed by atoms with E-state index in [1.807, 2.05) is 26.0 Å². The van der Waals surface area contributed by atoms with Gasteiger partial charge in [-0.3, -0.25) is 4.79 Å². The van der Waals surface area contributed by atoms with E-state index in [1.165, 1.54) is 4.31 Å². The molecule has 1 fully saturated rings. The summed E-state index contributed by atoms with van der Waals surface area (Å²) in [6, 6.07) is 12.5. The summed E-state index contributed by atoms with van der Waals surface area (Å²) < 4.78 is 32.9. The topological polar surface area (TPSA) is 66.9 Å². The molecule has 0 aromatic heterocycles. The van der Waals surface area contributed by atoms with Crippen molar-refractivity contribution in [2.24, 2.45) is 0 Å². The van der Waals surface area contributed by atoms with Crippen molar-refractivity contribution >= 4 is 15.9 Å². The highest BCUT2D eigenvalue weighted by Gasteiger charge is 2.31. The highest BCUT2D eigenvalue weighted by atomic mass is 32.2. The van der Waals surface area contributed by atoms with Gasteiger partial charge in [0.2, 0.25) is 10.0 Å². The molecule has 0 spiro atoms. The lowest BCUT2D eigenvalue weighted by atomic mass is 10.2. The summed E-state index contributed by atoms with van der Waals surface area (Å²) in [7, 11) is -3.56. The Labute approximate surface area is 166 Å². The molecule has 150 valence electrons. The van der Waals surface area contributed by atoms with E-state index in [0.717, 1.165) is 16.9 Å². The van der Waals surface area contributed by atoms with Crippen LogP contribution in [0.25, 0.3) is 0 Å². The average molecular weight is 403 g/mol. The van der Waals surface area contributed by atoms with Gasteiger partial charge < -0.3 is 9.64 Å². The molecule has 28 heavy (non-hydrogen) atoms. The van der Waals surface area contributed by atoms with Crippen molar-refractivity contribution in [3.05, 3.63) is 59.2 Å². The first-order valence-corrected chi connectivity index (χ1v) is 10.9. The maximum absolute atomic E-state index is 13.0. The van der Waals surface area contributed by atoms with Gasteiger partial charge in [0, 0.05) is 31.7 Å². The normalized spacial score (nSPS) is 15.5. The molecule has 7 heteroatoms. The Morgan fingerprint density at radius 1 is 1.00 bits per heavy atom. The zero-order chi connectivity index (χ0) is 20.3. The monoisotopic (exact) mass is 402 g/mol. The number of carbonyl (C=O) groups is 1. The molecule has 0 saturated carbocycles. The van der Waals surface area contributed by atoms with Crippen molar-refractivity contribution in [1.29, 1.82) is 0 Å². The van der Waals surface area contributed by atoms with Gasteiger partial charge in [0.15, 0.2) is 0 Å². The van der Waals surface area contributed by atoms with Gasteiger partial charge in [-0.15, -0.1) is 0 Å². The van der Waals surface area contributed by atoms with E-state index in [2.05, 4.69) is 0 Å². The molecule has 6 nitrogen and oxygen atoms in total. The third-order valence-corrected chi connectivity index (χ3v) is 6.94. The van der Waals surface area contributed by atoms with Gasteiger partial charge in [0.25, 0.3) is 5.91 Å². The van der Waals surface area contributed by atoms with Crippen LogP contribution in [0.3, 0.4) is 0 Å². The molecule has 2 aromatic carbocycles. The number of carbonyl (C=O) groups excluding carboxylic acids is 1. The van der Waals surface area contributed by atoms with Crippen LogP contribution in [-0.4, -0.2) is 56.3 Å². The summed E-state index contributed by atoms with van der Waals surface area (Å²) >= 11 is 0. The first-order valence-electron chi connectivity index (χ1n) is 9.42. The lowest BCUT2D eigenvalue weighted by Crippen LogP contribution is -2.50. The minimum Gasteiger partial charge on any atom is -0.494 e. The van der Waals surface area contributed by atoms with Crippen molar-refractivity contribution in [3.63, 3.8) is 0 Å². The number of aryl methyl sites for hydroxylation is 2. The van der Waals surface area contributed by atoms with Crippen molar-refractivity contribution in [1.82, 2.24) is 9.21 Å². The van der Waals surface area contributed by atoms with Crippen LogP contribution in [0.4, 0.5) is 0 Å². The number of hydrogen-bond donors (Lipinski definition) is 0. The molecule has 0 unspecified atom stereocenters. The van der Waals surface area contributed by atoms with Crippen LogP contribution in [0.15, 0.2) is 47.4 Å². The van der Waals surface area contributed by atoms with Gasteiger partial charge in [0.05, 0.1) is 11.5 Å². The lowest BCUT2D eigenvalue weighted by Gasteiger charge is -2.34. The maximum Gasteiger partial charge on any atom is 0.253 e. The Morgan fingerprint density at radius 3 is 2.25 bits per heavy atom. The molecule has 0 bridgehead atoms. The molecule has 1 amide bonds. The van der Waals surface area contributed by atoms with Crippen molar-refractivity contribution in [2.45, 2.75) is 25.7 Å². The molecule has 0 aliphatic carbocycles. The van der Waals surface area contributed by atoms with Crippen LogP contribution in [0.5, 0.6) is 5.75 Å². The number of rotatable bonds is 5. The average Bonchev–Trinajstić information content (AvgIpc) is 2.70. The second-order valence-corrected chi connectivity index (χ2v) is 8.83. The van der Waals surface area contributed by atoms with Crippen LogP contribution < -0.4 is 4.74 Å². The molecule has 3 rings (SSSR count). The van der Waals surface area contributed by atoms with E-state index in [4.69, 9.17) is 4.74 Å². The fraction of sp³-hybridized carbons (Fsp3) is 0.381. The van der Waals surface area contributed by atoms with E-state index >= 15 is 0 Å². The van der Waals surface area contributed by atoms with E-state index in [0.29, 0.717) is 43.2 Å². The quantitative estimate of drug-likeness (QED) is 0.771. The van der Waals surface area contributed by atoms with Crippen molar-refractivity contribution in [3.8, 4) is 5.75 Å². The summed E-state index contributed by atoms with van der Waals surface area (Å²) in [4.78, 5) is 14.8. The fourth-order valence-corrected chi connectivity index (χ4v) is 5.03. The summed E-state index contributed by atoms with van der Waals surface area (Å²) in [5, 5.41) is 0.